The number of nitrogens with zero attached hydrogens (tertiary/aromatic N) is 2. The molecule has 6 heteroatoms. The summed E-state index contributed by atoms with van der Waals surface area (Å²) >= 11 is 0. The third-order valence-electron chi connectivity index (χ3n) is 4.98. The van der Waals surface area contributed by atoms with Crippen LogP contribution in [0.3, 0.4) is 0 Å². The van der Waals surface area contributed by atoms with E-state index in [9.17, 15) is 0 Å². The first-order chi connectivity index (χ1) is 13.3. The third kappa shape index (κ3) is 7.03. The fourth-order valence-corrected chi connectivity index (χ4v) is 3.55. The lowest BCUT2D eigenvalue weighted by atomic mass is 10.0. The number of rotatable bonds is 10. The topological polar surface area (TPSA) is 58.1 Å². The zero-order valence-electron chi connectivity index (χ0n) is 17.2. The first-order valence-electron chi connectivity index (χ1n) is 10.2. The van der Waals surface area contributed by atoms with Crippen LogP contribution in [-0.4, -0.2) is 64.4 Å². The highest BCUT2D eigenvalue weighted by molar-refractivity contribution is 5.79. The van der Waals surface area contributed by atoms with Crippen molar-refractivity contribution in [3.63, 3.8) is 0 Å². The van der Waals surface area contributed by atoms with Crippen LogP contribution in [0.1, 0.15) is 44.2 Å². The van der Waals surface area contributed by atoms with Crippen LogP contribution in [0, 0.1) is 0 Å². The largest absolute Gasteiger partial charge is 0.496 e. The summed E-state index contributed by atoms with van der Waals surface area (Å²) in [5, 5.41) is 6.88. The predicted molar refractivity (Wildman–Crippen MR) is 112 cm³/mol. The highest BCUT2D eigenvalue weighted by Gasteiger charge is 2.25. The molecule has 1 aliphatic rings. The standard InChI is InChI=1S/C21H36N4O2/c1-4-27-16-10-13-23-21(22-2)24-17-19(25-14-8-5-9-15-25)18-11-6-7-12-20(18)26-3/h6-7,11-12,19H,4-5,8-10,13-17H2,1-3H3,(H2,22,23,24). The molecule has 152 valence electrons. The summed E-state index contributed by atoms with van der Waals surface area (Å²) < 4.78 is 11.0. The normalized spacial score (nSPS) is 16.8. The van der Waals surface area contributed by atoms with E-state index < -0.39 is 0 Å². The molecule has 0 saturated carbocycles. The lowest BCUT2D eigenvalue weighted by Crippen LogP contribution is -2.44. The van der Waals surface area contributed by atoms with E-state index in [1.54, 1.807) is 7.11 Å². The number of benzene rings is 1. The van der Waals surface area contributed by atoms with E-state index in [4.69, 9.17) is 9.47 Å². The van der Waals surface area contributed by atoms with Gasteiger partial charge < -0.3 is 20.1 Å². The number of para-hydroxylation sites is 1. The van der Waals surface area contributed by atoms with Crippen molar-refractivity contribution in [3.05, 3.63) is 29.8 Å². The third-order valence-corrected chi connectivity index (χ3v) is 4.98. The number of hydrogen-bond acceptors (Lipinski definition) is 4. The Morgan fingerprint density at radius 2 is 1.96 bits per heavy atom. The Hall–Kier alpha value is -1.79. The minimum atomic E-state index is 0.267. The van der Waals surface area contributed by atoms with Crippen LogP contribution in [0.25, 0.3) is 0 Å². The summed E-state index contributed by atoms with van der Waals surface area (Å²) in [6.07, 6.45) is 4.81. The van der Waals surface area contributed by atoms with E-state index in [-0.39, 0.29) is 6.04 Å². The van der Waals surface area contributed by atoms with E-state index in [2.05, 4.69) is 32.7 Å². The Balaban J connectivity index is 1.99. The van der Waals surface area contributed by atoms with Gasteiger partial charge in [-0.1, -0.05) is 24.6 Å². The van der Waals surface area contributed by atoms with E-state index >= 15 is 0 Å². The zero-order valence-corrected chi connectivity index (χ0v) is 17.2. The lowest BCUT2D eigenvalue weighted by Gasteiger charge is -2.35. The number of likely N-dealkylation sites (tertiary alicyclic amines) is 1. The first kappa shape index (κ1) is 21.5. The van der Waals surface area contributed by atoms with Crippen molar-refractivity contribution in [2.45, 2.75) is 38.6 Å². The van der Waals surface area contributed by atoms with Gasteiger partial charge in [-0.3, -0.25) is 9.89 Å². The molecule has 1 heterocycles. The molecule has 1 atom stereocenters. The molecular formula is C21H36N4O2. The van der Waals surface area contributed by atoms with Gasteiger partial charge in [0.25, 0.3) is 0 Å². The minimum Gasteiger partial charge on any atom is -0.496 e. The zero-order chi connectivity index (χ0) is 19.3. The van der Waals surface area contributed by atoms with Crippen molar-refractivity contribution in [2.75, 3.05) is 53.6 Å². The Bertz CT molecular complexity index is 559. The number of piperidine rings is 1. The van der Waals surface area contributed by atoms with Crippen molar-refractivity contribution in [3.8, 4) is 5.75 Å². The smallest absolute Gasteiger partial charge is 0.191 e. The van der Waals surface area contributed by atoms with E-state index in [0.717, 1.165) is 57.5 Å². The highest BCUT2D eigenvalue weighted by Crippen LogP contribution is 2.30. The second kappa shape index (κ2) is 12.6. The molecule has 6 nitrogen and oxygen atoms in total. The highest BCUT2D eigenvalue weighted by atomic mass is 16.5. The van der Waals surface area contributed by atoms with Crippen molar-refractivity contribution in [2.24, 2.45) is 4.99 Å². The number of aliphatic imine (C=N–C) groups is 1. The summed E-state index contributed by atoms with van der Waals surface area (Å²) in [5.74, 6) is 1.79. The maximum Gasteiger partial charge on any atom is 0.191 e. The Morgan fingerprint density at radius 3 is 2.67 bits per heavy atom. The van der Waals surface area contributed by atoms with Crippen molar-refractivity contribution < 1.29 is 9.47 Å². The number of guanidine groups is 1. The van der Waals surface area contributed by atoms with Crippen molar-refractivity contribution in [1.29, 1.82) is 0 Å². The molecule has 0 bridgehead atoms. The average Bonchev–Trinajstić information content (AvgIpc) is 2.73. The summed E-state index contributed by atoms with van der Waals surface area (Å²) in [4.78, 5) is 6.93. The van der Waals surface area contributed by atoms with Crippen LogP contribution in [0.15, 0.2) is 29.3 Å². The number of methoxy groups -OCH3 is 1. The van der Waals surface area contributed by atoms with Crippen LogP contribution in [0.5, 0.6) is 5.75 Å². The average molecular weight is 377 g/mol. The molecule has 2 N–H and O–H groups in total. The van der Waals surface area contributed by atoms with Crippen LogP contribution >= 0.6 is 0 Å². The van der Waals surface area contributed by atoms with Gasteiger partial charge in [-0.05, 0) is 45.3 Å². The van der Waals surface area contributed by atoms with Crippen molar-refractivity contribution in [1.82, 2.24) is 15.5 Å². The molecule has 0 aromatic heterocycles. The van der Waals surface area contributed by atoms with Gasteiger partial charge >= 0.3 is 0 Å². The lowest BCUT2D eigenvalue weighted by molar-refractivity contribution is 0.145. The molecule has 1 fully saturated rings. The molecular weight excluding hydrogens is 340 g/mol. The molecule has 1 aromatic carbocycles. The summed E-state index contributed by atoms with van der Waals surface area (Å²) in [5.41, 5.74) is 1.24. The second-order valence-electron chi connectivity index (χ2n) is 6.78. The van der Waals surface area contributed by atoms with Gasteiger partial charge in [0.2, 0.25) is 0 Å². The summed E-state index contributed by atoms with van der Waals surface area (Å²) in [6, 6.07) is 8.62. The molecule has 0 amide bonds. The van der Waals surface area contributed by atoms with Crippen molar-refractivity contribution >= 4 is 5.96 Å². The van der Waals surface area contributed by atoms with Gasteiger partial charge in [0, 0.05) is 38.9 Å². The first-order valence-corrected chi connectivity index (χ1v) is 10.2. The van der Waals surface area contributed by atoms with Crippen LogP contribution in [0.4, 0.5) is 0 Å². The van der Waals surface area contributed by atoms with E-state index in [1.807, 2.05) is 26.1 Å². The number of nitrogens with one attached hydrogen (secondary N) is 2. The van der Waals surface area contributed by atoms with Gasteiger partial charge in [-0.2, -0.15) is 0 Å². The predicted octanol–water partition coefficient (Wildman–Crippen LogP) is 2.81. The molecule has 2 rings (SSSR count). The monoisotopic (exact) mass is 376 g/mol. The molecule has 0 aliphatic carbocycles. The molecule has 1 unspecified atom stereocenters. The maximum absolute atomic E-state index is 5.64. The Labute approximate surface area is 164 Å². The van der Waals surface area contributed by atoms with Gasteiger partial charge in [-0.15, -0.1) is 0 Å². The van der Waals surface area contributed by atoms with Gasteiger partial charge in [-0.25, -0.2) is 0 Å². The van der Waals surface area contributed by atoms with Gasteiger partial charge in [0.1, 0.15) is 5.75 Å². The van der Waals surface area contributed by atoms with Gasteiger partial charge in [0.15, 0.2) is 5.96 Å². The second-order valence-corrected chi connectivity index (χ2v) is 6.78. The maximum atomic E-state index is 5.64. The summed E-state index contributed by atoms with van der Waals surface area (Å²) in [6.45, 7) is 7.47. The Morgan fingerprint density at radius 1 is 1.19 bits per heavy atom. The minimum absolute atomic E-state index is 0.267. The fraction of sp³-hybridized carbons (Fsp3) is 0.667. The van der Waals surface area contributed by atoms with Crippen LogP contribution in [0.2, 0.25) is 0 Å². The molecule has 1 aromatic rings. The Kier molecular flexibility index (Phi) is 10.0. The fourth-order valence-electron chi connectivity index (χ4n) is 3.55. The molecule has 0 spiro atoms. The van der Waals surface area contributed by atoms with Crippen LogP contribution < -0.4 is 15.4 Å². The molecule has 0 radical (unpaired) electrons. The SMILES string of the molecule is CCOCCCNC(=NC)NCC(c1ccccc1OC)N1CCCCC1. The number of ether oxygens (including phenoxy) is 2. The van der Waals surface area contributed by atoms with Crippen LogP contribution in [-0.2, 0) is 4.74 Å². The molecule has 27 heavy (non-hydrogen) atoms. The van der Waals surface area contributed by atoms with E-state index in [1.165, 1.54) is 24.8 Å². The summed E-state index contributed by atoms with van der Waals surface area (Å²) in [7, 11) is 3.56. The number of hydrogen-bond donors (Lipinski definition) is 2. The van der Waals surface area contributed by atoms with E-state index in [0.29, 0.717) is 0 Å². The molecule has 1 aliphatic heterocycles. The quantitative estimate of drug-likeness (QED) is 0.374. The molecule has 1 saturated heterocycles. The van der Waals surface area contributed by atoms with Gasteiger partial charge in [0.05, 0.1) is 13.2 Å².